The van der Waals surface area contributed by atoms with E-state index in [0.717, 1.165) is 22.6 Å². The molecule has 162 valence electrons. The van der Waals surface area contributed by atoms with Gasteiger partial charge in [-0.2, -0.15) is 4.98 Å². The number of nitrogen functional groups attached to an aromatic ring is 1. The summed E-state index contributed by atoms with van der Waals surface area (Å²) in [6.07, 6.45) is 3.21. The van der Waals surface area contributed by atoms with Gasteiger partial charge in [-0.15, -0.1) is 11.8 Å². The van der Waals surface area contributed by atoms with Gasteiger partial charge in [-0.1, -0.05) is 42.5 Å². The van der Waals surface area contributed by atoms with Gasteiger partial charge in [0.05, 0.1) is 4.92 Å². The zero-order valence-electron chi connectivity index (χ0n) is 17.9. The largest absolute Gasteiger partial charge is 0.378 e. The second-order valence-corrected chi connectivity index (χ2v) is 8.27. The highest BCUT2D eigenvalue weighted by atomic mass is 32.2. The second-order valence-electron chi connectivity index (χ2n) is 7.42. The number of nitrogens with zero attached hydrogens (tertiary/aromatic N) is 5. The average Bonchev–Trinajstić information content (AvgIpc) is 2.74. The summed E-state index contributed by atoms with van der Waals surface area (Å²) in [5.41, 5.74) is 8.99. The highest BCUT2D eigenvalue weighted by molar-refractivity contribution is 7.98. The van der Waals surface area contributed by atoms with E-state index in [2.05, 4.69) is 51.3 Å². The minimum atomic E-state index is -0.573. The van der Waals surface area contributed by atoms with Crippen LogP contribution in [-0.2, 0) is 19.6 Å². The molecule has 1 aromatic heterocycles. The molecule has 1 heterocycles. The van der Waals surface area contributed by atoms with E-state index in [1.807, 2.05) is 37.4 Å². The summed E-state index contributed by atoms with van der Waals surface area (Å²) in [6.45, 7) is 1.96. The number of aromatic nitrogens is 2. The summed E-state index contributed by atoms with van der Waals surface area (Å²) >= 11 is 1.67. The first-order valence-corrected chi connectivity index (χ1v) is 11.0. The Labute approximate surface area is 186 Å². The smallest absolute Gasteiger partial charge is 0.329 e. The van der Waals surface area contributed by atoms with Gasteiger partial charge in [0.15, 0.2) is 0 Å². The summed E-state index contributed by atoms with van der Waals surface area (Å²) in [4.78, 5) is 24.3. The van der Waals surface area contributed by atoms with E-state index < -0.39 is 4.92 Å². The lowest BCUT2D eigenvalue weighted by molar-refractivity contribution is -0.384. The van der Waals surface area contributed by atoms with Gasteiger partial charge >= 0.3 is 5.69 Å². The van der Waals surface area contributed by atoms with E-state index in [9.17, 15) is 10.1 Å². The Morgan fingerprint density at radius 2 is 1.68 bits per heavy atom. The molecule has 0 bridgehead atoms. The van der Waals surface area contributed by atoms with Crippen molar-refractivity contribution >= 4 is 29.2 Å². The molecule has 0 aliphatic rings. The lowest BCUT2D eigenvalue weighted by atomic mass is 10.1. The quantitative estimate of drug-likeness (QED) is 0.304. The Kier molecular flexibility index (Phi) is 7.43. The number of nitrogens with two attached hydrogens (primary N) is 1. The van der Waals surface area contributed by atoms with Crippen LogP contribution < -0.4 is 10.6 Å². The predicted molar refractivity (Wildman–Crippen MR) is 125 cm³/mol. The van der Waals surface area contributed by atoms with Crippen molar-refractivity contribution in [3.8, 4) is 0 Å². The highest BCUT2D eigenvalue weighted by Gasteiger charge is 2.19. The maximum absolute atomic E-state index is 11.1. The van der Waals surface area contributed by atoms with Gasteiger partial charge in [0, 0.05) is 24.5 Å². The fourth-order valence-corrected chi connectivity index (χ4v) is 3.85. The predicted octanol–water partition coefficient (Wildman–Crippen LogP) is 3.96. The molecule has 0 spiro atoms. The van der Waals surface area contributed by atoms with Crippen LogP contribution in [0.3, 0.4) is 0 Å². The lowest BCUT2D eigenvalue weighted by Gasteiger charge is -2.24. The first-order valence-electron chi connectivity index (χ1n) is 9.73. The maximum atomic E-state index is 11.1. The molecule has 3 aromatic rings. The third kappa shape index (κ3) is 5.93. The SMILES string of the molecule is CSc1ccccc1CN(Cc1ccc(CN(C)C)cc1)c1ncc([N+](=O)[O-])c(N)n1. The van der Waals surface area contributed by atoms with Crippen molar-refractivity contribution in [3.63, 3.8) is 0 Å². The Bertz CT molecular complexity index is 1040. The number of benzene rings is 2. The van der Waals surface area contributed by atoms with Gasteiger partial charge in [0.2, 0.25) is 11.8 Å². The van der Waals surface area contributed by atoms with Gasteiger partial charge in [-0.3, -0.25) is 10.1 Å². The van der Waals surface area contributed by atoms with Crippen LogP contribution >= 0.6 is 11.8 Å². The number of thioether (sulfide) groups is 1. The first-order chi connectivity index (χ1) is 14.9. The van der Waals surface area contributed by atoms with Crippen LogP contribution in [0, 0.1) is 10.1 Å². The number of hydrogen-bond donors (Lipinski definition) is 1. The fraction of sp³-hybridized carbons (Fsp3) is 0.273. The molecule has 0 unspecified atom stereocenters. The summed E-state index contributed by atoms with van der Waals surface area (Å²) in [5.74, 6) is 0.218. The molecule has 0 fully saturated rings. The maximum Gasteiger partial charge on any atom is 0.329 e. The van der Waals surface area contributed by atoms with Gasteiger partial charge in [-0.05, 0) is 43.1 Å². The van der Waals surface area contributed by atoms with Crippen LogP contribution in [0.4, 0.5) is 17.5 Å². The topological polar surface area (TPSA) is 101 Å². The fourth-order valence-electron chi connectivity index (χ4n) is 3.24. The average molecular weight is 439 g/mol. The molecule has 0 aliphatic heterocycles. The molecule has 31 heavy (non-hydrogen) atoms. The van der Waals surface area contributed by atoms with Crippen LogP contribution in [0.15, 0.2) is 59.6 Å². The molecular weight excluding hydrogens is 412 g/mol. The zero-order chi connectivity index (χ0) is 22.4. The van der Waals surface area contributed by atoms with E-state index >= 15 is 0 Å². The third-order valence-corrected chi connectivity index (χ3v) is 5.55. The first kappa shape index (κ1) is 22.5. The zero-order valence-corrected chi connectivity index (χ0v) is 18.7. The number of anilines is 2. The Morgan fingerprint density at radius 3 is 2.26 bits per heavy atom. The van der Waals surface area contributed by atoms with Crippen LogP contribution in [0.5, 0.6) is 0 Å². The molecule has 0 saturated heterocycles. The standard InChI is InChI=1S/C22H26N6O2S/c1-26(2)13-16-8-10-17(11-9-16)14-27(15-18-6-4-5-7-20(18)31-3)22-24-12-19(28(29)30)21(23)25-22/h4-12H,13-15H2,1-3H3,(H2,23,24,25). The molecule has 0 amide bonds. The van der Waals surface area contributed by atoms with Crippen molar-refractivity contribution in [2.24, 2.45) is 0 Å². The lowest BCUT2D eigenvalue weighted by Crippen LogP contribution is -2.25. The van der Waals surface area contributed by atoms with Gasteiger partial charge in [0.1, 0.15) is 6.20 Å². The van der Waals surface area contributed by atoms with Crippen LogP contribution in [0.1, 0.15) is 16.7 Å². The highest BCUT2D eigenvalue weighted by Crippen LogP contribution is 2.26. The van der Waals surface area contributed by atoms with E-state index in [1.54, 1.807) is 11.8 Å². The molecule has 0 atom stereocenters. The summed E-state index contributed by atoms with van der Waals surface area (Å²) < 4.78 is 0. The monoisotopic (exact) mass is 438 g/mol. The minimum Gasteiger partial charge on any atom is -0.378 e. The molecule has 0 radical (unpaired) electrons. The van der Waals surface area contributed by atoms with E-state index in [4.69, 9.17) is 5.73 Å². The van der Waals surface area contributed by atoms with Crippen molar-refractivity contribution in [2.45, 2.75) is 24.5 Å². The normalized spacial score (nSPS) is 11.0. The second kappa shape index (κ2) is 10.2. The number of rotatable bonds is 9. The van der Waals surface area contributed by atoms with Crippen molar-refractivity contribution in [2.75, 3.05) is 31.0 Å². The van der Waals surface area contributed by atoms with Gasteiger partial charge < -0.3 is 15.5 Å². The Hall–Kier alpha value is -3.17. The third-order valence-electron chi connectivity index (χ3n) is 4.71. The molecule has 0 saturated carbocycles. The van der Waals surface area contributed by atoms with Gasteiger partial charge in [-0.25, -0.2) is 4.98 Å². The van der Waals surface area contributed by atoms with E-state index in [1.165, 1.54) is 11.8 Å². The Morgan fingerprint density at radius 1 is 1.03 bits per heavy atom. The van der Waals surface area contributed by atoms with Crippen LogP contribution in [0.25, 0.3) is 0 Å². The van der Waals surface area contributed by atoms with Crippen LogP contribution in [0.2, 0.25) is 0 Å². The van der Waals surface area contributed by atoms with E-state index in [0.29, 0.717) is 19.0 Å². The molecular formula is C22H26N6O2S. The molecule has 3 rings (SSSR count). The van der Waals surface area contributed by atoms with Crippen molar-refractivity contribution in [1.29, 1.82) is 0 Å². The molecule has 9 heteroatoms. The minimum absolute atomic E-state index is 0.139. The molecule has 8 nitrogen and oxygen atoms in total. The Balaban J connectivity index is 1.92. The molecule has 2 aromatic carbocycles. The van der Waals surface area contributed by atoms with Crippen molar-refractivity contribution < 1.29 is 4.92 Å². The van der Waals surface area contributed by atoms with E-state index in [-0.39, 0.29) is 11.5 Å². The van der Waals surface area contributed by atoms with Crippen molar-refractivity contribution in [3.05, 3.63) is 81.5 Å². The molecule has 0 aliphatic carbocycles. The molecule has 2 N–H and O–H groups in total. The van der Waals surface area contributed by atoms with Crippen LogP contribution in [-0.4, -0.2) is 40.1 Å². The summed E-state index contributed by atoms with van der Waals surface area (Å²) in [5, 5.41) is 11.1. The summed E-state index contributed by atoms with van der Waals surface area (Å²) in [6, 6.07) is 16.5. The number of nitro groups is 1. The van der Waals surface area contributed by atoms with Gasteiger partial charge in [0.25, 0.3) is 0 Å². The van der Waals surface area contributed by atoms with Crippen molar-refractivity contribution in [1.82, 2.24) is 14.9 Å². The summed E-state index contributed by atoms with van der Waals surface area (Å²) in [7, 11) is 4.07. The number of hydrogen-bond acceptors (Lipinski definition) is 8.